The van der Waals surface area contributed by atoms with E-state index in [9.17, 15) is 18.3 Å². The summed E-state index contributed by atoms with van der Waals surface area (Å²) in [5, 5.41) is 10.9. The van der Waals surface area contributed by atoms with Gasteiger partial charge in [0.25, 0.3) is 0 Å². The zero-order valence-electron chi connectivity index (χ0n) is 16.7. The van der Waals surface area contributed by atoms with E-state index in [0.717, 1.165) is 27.9 Å². The number of fused-ring (bicyclic) bond motifs is 3. The quantitative estimate of drug-likeness (QED) is 0.467. The van der Waals surface area contributed by atoms with Gasteiger partial charge in [-0.2, -0.15) is 4.72 Å². The molecule has 156 valence electrons. The standard InChI is InChI=1S/C22H21NO6S/c1-12(2)21(22(24)25)23-30(26,27)15-6-8-17-16-7-5-14(18-9-4-13(3)28-18)10-19(16)29-20(17)11-15/h4-12,21,23H,1-3H3,(H,24,25)/t21-/m0/s1. The second-order valence-corrected chi connectivity index (χ2v) is 9.28. The number of aliphatic carboxylic acids is 1. The number of nitrogens with one attached hydrogen (secondary N) is 1. The van der Waals surface area contributed by atoms with E-state index in [0.29, 0.717) is 11.2 Å². The highest BCUT2D eigenvalue weighted by atomic mass is 32.2. The average Bonchev–Trinajstić information content (AvgIpc) is 3.27. The first-order valence-electron chi connectivity index (χ1n) is 9.44. The molecule has 1 atom stereocenters. The van der Waals surface area contributed by atoms with E-state index in [1.807, 2.05) is 37.3 Å². The maximum atomic E-state index is 12.7. The van der Waals surface area contributed by atoms with Gasteiger partial charge in [0.15, 0.2) is 0 Å². The molecule has 0 saturated carbocycles. The number of carboxylic acid groups (broad SMARTS) is 1. The van der Waals surface area contributed by atoms with Crippen LogP contribution in [0.2, 0.25) is 0 Å². The van der Waals surface area contributed by atoms with E-state index in [1.165, 1.54) is 12.1 Å². The van der Waals surface area contributed by atoms with Crippen molar-refractivity contribution in [2.75, 3.05) is 0 Å². The van der Waals surface area contributed by atoms with Crippen LogP contribution in [-0.2, 0) is 14.8 Å². The summed E-state index contributed by atoms with van der Waals surface area (Å²) in [5.41, 5.74) is 1.85. The lowest BCUT2D eigenvalue weighted by Crippen LogP contribution is -2.44. The van der Waals surface area contributed by atoms with Crippen molar-refractivity contribution in [2.24, 2.45) is 5.92 Å². The summed E-state index contributed by atoms with van der Waals surface area (Å²) < 4.78 is 39.3. The molecule has 0 spiro atoms. The fraction of sp³-hybridized carbons (Fsp3) is 0.227. The molecule has 0 fully saturated rings. The van der Waals surface area contributed by atoms with Gasteiger partial charge in [-0.15, -0.1) is 0 Å². The zero-order chi connectivity index (χ0) is 21.6. The van der Waals surface area contributed by atoms with E-state index in [2.05, 4.69) is 4.72 Å². The van der Waals surface area contributed by atoms with Crippen LogP contribution in [0.3, 0.4) is 0 Å². The molecule has 2 aromatic carbocycles. The van der Waals surface area contributed by atoms with E-state index in [-0.39, 0.29) is 4.90 Å². The molecule has 8 heteroatoms. The molecule has 4 aromatic rings. The maximum Gasteiger partial charge on any atom is 0.322 e. The van der Waals surface area contributed by atoms with Crippen molar-refractivity contribution in [1.82, 2.24) is 4.72 Å². The number of hydrogen-bond donors (Lipinski definition) is 2. The van der Waals surface area contributed by atoms with Gasteiger partial charge in [-0.05, 0) is 49.2 Å². The minimum atomic E-state index is -4.03. The molecular formula is C22H21NO6S. The first kappa shape index (κ1) is 20.2. The summed E-state index contributed by atoms with van der Waals surface area (Å²) in [4.78, 5) is 11.3. The van der Waals surface area contributed by atoms with Crippen LogP contribution >= 0.6 is 0 Å². The first-order chi connectivity index (χ1) is 14.2. The Morgan fingerprint density at radius 1 is 0.967 bits per heavy atom. The summed E-state index contributed by atoms with van der Waals surface area (Å²) >= 11 is 0. The molecule has 0 aliphatic heterocycles. The molecular weight excluding hydrogens is 406 g/mol. The highest BCUT2D eigenvalue weighted by Gasteiger charge is 2.28. The molecule has 0 unspecified atom stereocenters. The zero-order valence-corrected chi connectivity index (χ0v) is 17.5. The lowest BCUT2D eigenvalue weighted by molar-refractivity contribution is -0.140. The number of carboxylic acids is 1. The van der Waals surface area contributed by atoms with Gasteiger partial charge in [-0.3, -0.25) is 4.79 Å². The number of furan rings is 2. The Balaban J connectivity index is 1.75. The Morgan fingerprint density at radius 2 is 1.63 bits per heavy atom. The minimum Gasteiger partial charge on any atom is -0.480 e. The van der Waals surface area contributed by atoms with E-state index >= 15 is 0 Å². The lowest BCUT2D eigenvalue weighted by Gasteiger charge is -2.17. The van der Waals surface area contributed by atoms with Gasteiger partial charge >= 0.3 is 5.97 Å². The number of rotatable bonds is 6. The summed E-state index contributed by atoms with van der Waals surface area (Å²) in [6.45, 7) is 5.15. The summed E-state index contributed by atoms with van der Waals surface area (Å²) in [7, 11) is -4.03. The Morgan fingerprint density at radius 3 is 2.23 bits per heavy atom. The number of sulfonamides is 1. The monoisotopic (exact) mass is 427 g/mol. The summed E-state index contributed by atoms with van der Waals surface area (Å²) in [5.74, 6) is -0.108. The smallest absolute Gasteiger partial charge is 0.322 e. The Labute approximate surface area is 173 Å². The van der Waals surface area contributed by atoms with Crippen LogP contribution in [0.25, 0.3) is 33.3 Å². The van der Waals surface area contributed by atoms with Crippen LogP contribution in [0, 0.1) is 12.8 Å². The summed E-state index contributed by atoms with van der Waals surface area (Å²) in [6.07, 6.45) is 0. The Kier molecular flexibility index (Phi) is 4.91. The average molecular weight is 427 g/mol. The number of carbonyl (C=O) groups is 1. The van der Waals surface area contributed by atoms with E-state index in [4.69, 9.17) is 8.83 Å². The van der Waals surface area contributed by atoms with Crippen LogP contribution in [0.4, 0.5) is 0 Å². The van der Waals surface area contributed by atoms with Crippen molar-refractivity contribution in [1.29, 1.82) is 0 Å². The molecule has 30 heavy (non-hydrogen) atoms. The SMILES string of the molecule is Cc1ccc(-c2ccc3c(c2)oc2cc(S(=O)(=O)N[C@H](C(=O)O)C(C)C)ccc23)o1. The van der Waals surface area contributed by atoms with Gasteiger partial charge in [-0.1, -0.05) is 19.9 Å². The lowest BCUT2D eigenvalue weighted by atomic mass is 10.1. The fourth-order valence-electron chi connectivity index (χ4n) is 3.37. The van der Waals surface area contributed by atoms with Gasteiger partial charge in [0.05, 0.1) is 4.90 Å². The number of hydrogen-bond acceptors (Lipinski definition) is 5. The maximum absolute atomic E-state index is 12.7. The summed E-state index contributed by atoms with van der Waals surface area (Å²) in [6, 6.07) is 12.7. The van der Waals surface area contributed by atoms with Crippen molar-refractivity contribution < 1.29 is 27.2 Å². The molecule has 0 radical (unpaired) electrons. The highest BCUT2D eigenvalue weighted by molar-refractivity contribution is 7.89. The molecule has 0 amide bonds. The van der Waals surface area contributed by atoms with Gasteiger partial charge in [-0.25, -0.2) is 8.42 Å². The van der Waals surface area contributed by atoms with E-state index in [1.54, 1.807) is 19.9 Å². The topological polar surface area (TPSA) is 110 Å². The van der Waals surface area contributed by atoms with Crippen LogP contribution < -0.4 is 4.72 Å². The van der Waals surface area contributed by atoms with Crippen LogP contribution in [-0.4, -0.2) is 25.5 Å². The van der Waals surface area contributed by atoms with Gasteiger partial charge in [0, 0.05) is 22.4 Å². The van der Waals surface area contributed by atoms with Gasteiger partial charge in [0.2, 0.25) is 10.0 Å². The molecule has 0 aliphatic carbocycles. The predicted molar refractivity (Wildman–Crippen MR) is 113 cm³/mol. The van der Waals surface area contributed by atoms with Gasteiger partial charge < -0.3 is 13.9 Å². The molecule has 2 N–H and O–H groups in total. The first-order valence-corrected chi connectivity index (χ1v) is 10.9. The third kappa shape index (κ3) is 3.59. The molecule has 0 bridgehead atoms. The fourth-order valence-corrected chi connectivity index (χ4v) is 4.73. The molecule has 4 rings (SSSR count). The molecule has 0 aliphatic rings. The Hall–Kier alpha value is -3.10. The molecule has 0 saturated heterocycles. The van der Waals surface area contributed by atoms with Crippen molar-refractivity contribution in [3.63, 3.8) is 0 Å². The van der Waals surface area contributed by atoms with Crippen molar-refractivity contribution >= 4 is 37.9 Å². The van der Waals surface area contributed by atoms with Crippen LogP contribution in [0.5, 0.6) is 0 Å². The number of benzene rings is 2. The largest absolute Gasteiger partial charge is 0.480 e. The third-order valence-corrected chi connectivity index (χ3v) is 6.43. The molecule has 2 aromatic heterocycles. The van der Waals surface area contributed by atoms with Gasteiger partial charge in [0.1, 0.15) is 28.7 Å². The minimum absolute atomic E-state index is 0.0529. The molecule has 7 nitrogen and oxygen atoms in total. The second kappa shape index (κ2) is 7.30. The third-order valence-electron chi connectivity index (χ3n) is 4.99. The van der Waals surface area contributed by atoms with Crippen molar-refractivity contribution in [3.8, 4) is 11.3 Å². The second-order valence-electron chi connectivity index (χ2n) is 7.56. The molecule has 2 heterocycles. The van der Waals surface area contributed by atoms with Crippen LogP contribution in [0.15, 0.2) is 62.3 Å². The van der Waals surface area contributed by atoms with Crippen molar-refractivity contribution in [3.05, 3.63) is 54.3 Å². The predicted octanol–water partition coefficient (Wildman–Crippen LogP) is 4.54. The van der Waals surface area contributed by atoms with Crippen LogP contribution in [0.1, 0.15) is 19.6 Å². The number of aryl methyl sites for hydroxylation is 1. The Bertz CT molecular complexity index is 1360. The highest BCUT2D eigenvalue weighted by Crippen LogP contribution is 2.33. The van der Waals surface area contributed by atoms with Crippen molar-refractivity contribution in [2.45, 2.75) is 31.7 Å². The normalized spacial score (nSPS) is 13.3. The van der Waals surface area contributed by atoms with E-state index < -0.39 is 28.0 Å².